The maximum atomic E-state index is 12.8. The van der Waals surface area contributed by atoms with E-state index in [1.54, 1.807) is 48.5 Å². The van der Waals surface area contributed by atoms with Crippen LogP contribution in [0, 0.1) is 0 Å². The molecule has 2 amide bonds. The van der Waals surface area contributed by atoms with Crippen molar-refractivity contribution in [2.75, 3.05) is 34.0 Å². The molecule has 9 heteroatoms. The number of hydrogen-bond acceptors (Lipinski definition) is 5. The zero-order valence-electron chi connectivity index (χ0n) is 16.8. The third kappa shape index (κ3) is 4.37. The van der Waals surface area contributed by atoms with Crippen molar-refractivity contribution in [3.05, 3.63) is 66.2 Å². The number of ether oxygens (including phenoxy) is 1. The summed E-state index contributed by atoms with van der Waals surface area (Å²) in [6.45, 7) is 1.57. The van der Waals surface area contributed by atoms with E-state index < -0.39 is 10.0 Å². The van der Waals surface area contributed by atoms with Crippen LogP contribution in [0.2, 0.25) is 0 Å². The number of nitrogens with one attached hydrogen (secondary N) is 2. The minimum absolute atomic E-state index is 0.0412. The summed E-state index contributed by atoms with van der Waals surface area (Å²) in [4.78, 5) is 24.3. The number of hydrogen-bond donors (Lipinski definition) is 2. The van der Waals surface area contributed by atoms with E-state index in [0.717, 1.165) is 10.8 Å². The van der Waals surface area contributed by atoms with Crippen molar-refractivity contribution in [3.63, 3.8) is 0 Å². The molecule has 1 saturated heterocycles. The van der Waals surface area contributed by atoms with Crippen LogP contribution in [-0.2, 0) is 19.6 Å². The van der Waals surface area contributed by atoms with Crippen molar-refractivity contribution in [2.24, 2.45) is 0 Å². The van der Waals surface area contributed by atoms with E-state index in [9.17, 15) is 18.0 Å². The number of carbonyl (C=O) groups is 2. The predicted octanol–water partition coefficient (Wildman–Crippen LogP) is 3.17. The maximum absolute atomic E-state index is 12.8. The highest BCUT2D eigenvalue weighted by atomic mass is 32.2. The molecule has 31 heavy (non-hydrogen) atoms. The highest BCUT2D eigenvalue weighted by molar-refractivity contribution is 7.92. The first kappa shape index (κ1) is 20.8. The molecule has 2 N–H and O–H groups in total. The van der Waals surface area contributed by atoms with Crippen LogP contribution in [0.5, 0.6) is 0 Å². The Morgan fingerprint density at radius 3 is 2.10 bits per heavy atom. The number of fused-ring (bicyclic) bond motifs is 1. The van der Waals surface area contributed by atoms with Crippen molar-refractivity contribution in [2.45, 2.75) is 6.92 Å². The van der Waals surface area contributed by atoms with Gasteiger partial charge in [-0.1, -0.05) is 24.3 Å². The molecule has 0 atom stereocenters. The lowest BCUT2D eigenvalue weighted by molar-refractivity contribution is -0.114. The van der Waals surface area contributed by atoms with Gasteiger partial charge in [0.2, 0.25) is 15.9 Å². The Balaban J connectivity index is 1.57. The lowest BCUT2D eigenvalue weighted by atomic mass is 10.1. The molecule has 160 valence electrons. The summed E-state index contributed by atoms with van der Waals surface area (Å²) in [5, 5.41) is 7.27. The maximum Gasteiger partial charge on any atom is 0.255 e. The molecule has 1 aliphatic rings. The number of carbonyl (C=O) groups excluding carboxylic acids is 2. The average molecular weight is 439 g/mol. The zero-order valence-corrected chi connectivity index (χ0v) is 17.6. The fraction of sp³-hybridized carbons (Fsp3) is 0.182. The van der Waals surface area contributed by atoms with Crippen molar-refractivity contribution in [1.82, 2.24) is 0 Å². The molecule has 0 aliphatic carbocycles. The molecule has 1 heterocycles. The molecule has 3 aromatic rings. The second-order valence-electron chi connectivity index (χ2n) is 7.09. The first-order valence-electron chi connectivity index (χ1n) is 9.64. The Kier molecular flexibility index (Phi) is 5.62. The quantitative estimate of drug-likeness (QED) is 0.650. The summed E-state index contributed by atoms with van der Waals surface area (Å²) in [5.74, 6) is -0.582. The van der Waals surface area contributed by atoms with Crippen molar-refractivity contribution < 1.29 is 22.7 Å². The van der Waals surface area contributed by atoms with E-state index >= 15 is 0 Å². The Hall–Kier alpha value is -3.43. The number of rotatable bonds is 4. The van der Waals surface area contributed by atoms with Gasteiger partial charge in [-0.3, -0.25) is 9.59 Å². The molecule has 0 bridgehead atoms. The minimum atomic E-state index is -3.42. The zero-order chi connectivity index (χ0) is 22.0. The van der Waals surface area contributed by atoms with E-state index in [4.69, 9.17) is 4.74 Å². The molecule has 1 aliphatic heterocycles. The van der Waals surface area contributed by atoms with Gasteiger partial charge in [0.05, 0.1) is 18.0 Å². The summed E-state index contributed by atoms with van der Waals surface area (Å²) in [7, 11) is -3.42. The van der Waals surface area contributed by atoms with Crippen LogP contribution in [0.3, 0.4) is 0 Å². The van der Waals surface area contributed by atoms with E-state index in [1.807, 2.05) is 12.1 Å². The molecule has 0 radical (unpaired) electrons. The molecule has 8 nitrogen and oxygen atoms in total. The smallest absolute Gasteiger partial charge is 0.255 e. The van der Waals surface area contributed by atoms with Gasteiger partial charge in [0.15, 0.2) is 0 Å². The van der Waals surface area contributed by atoms with Gasteiger partial charge in [0.1, 0.15) is 6.73 Å². The van der Waals surface area contributed by atoms with Crippen LogP contribution < -0.4 is 14.9 Å². The summed E-state index contributed by atoms with van der Waals surface area (Å²) in [5.41, 5.74) is 2.09. The standard InChI is InChI=1S/C22H21N3O5S/c1-15(26)23-20-6-2-5-19-18(20)4-3-7-21(19)24-22(27)16-8-10-17(11-9-16)25-14-30-12-13-31(25,28)29/h2-11H,12-14H2,1H3,(H,23,26)(H,24,27). The van der Waals surface area contributed by atoms with Gasteiger partial charge in [-0.2, -0.15) is 0 Å². The Labute approximate surface area is 179 Å². The Morgan fingerprint density at radius 2 is 1.52 bits per heavy atom. The molecule has 0 aromatic heterocycles. The molecule has 3 aromatic carbocycles. The molecule has 1 fully saturated rings. The third-order valence-corrected chi connectivity index (χ3v) is 6.60. The SMILES string of the molecule is CC(=O)Nc1cccc2c(NC(=O)c3ccc(N4COCCS4(=O)=O)cc3)cccc12. The van der Waals surface area contributed by atoms with Gasteiger partial charge in [-0.05, 0) is 36.4 Å². The summed E-state index contributed by atoms with van der Waals surface area (Å²) in [6, 6.07) is 17.2. The monoisotopic (exact) mass is 439 g/mol. The lowest BCUT2D eigenvalue weighted by Gasteiger charge is -2.28. The van der Waals surface area contributed by atoms with Crippen molar-refractivity contribution in [3.8, 4) is 0 Å². The van der Waals surface area contributed by atoms with Gasteiger partial charge in [0.25, 0.3) is 5.91 Å². The molecule has 0 saturated carbocycles. The molecular formula is C22H21N3O5S. The van der Waals surface area contributed by atoms with E-state index in [-0.39, 0.29) is 30.9 Å². The van der Waals surface area contributed by atoms with Crippen LogP contribution in [0.1, 0.15) is 17.3 Å². The minimum Gasteiger partial charge on any atom is -0.359 e. The van der Waals surface area contributed by atoms with Crippen LogP contribution in [0.4, 0.5) is 17.1 Å². The third-order valence-electron chi connectivity index (χ3n) is 4.93. The summed E-state index contributed by atoms with van der Waals surface area (Å²) < 4.78 is 30.8. The van der Waals surface area contributed by atoms with Crippen LogP contribution >= 0.6 is 0 Å². The molecular weight excluding hydrogens is 418 g/mol. The van der Waals surface area contributed by atoms with Crippen molar-refractivity contribution >= 4 is 49.7 Å². The average Bonchev–Trinajstić information content (AvgIpc) is 2.74. The topological polar surface area (TPSA) is 105 Å². The van der Waals surface area contributed by atoms with E-state index in [1.165, 1.54) is 11.2 Å². The summed E-state index contributed by atoms with van der Waals surface area (Å²) in [6.07, 6.45) is 0. The van der Waals surface area contributed by atoms with Crippen LogP contribution in [0.15, 0.2) is 60.7 Å². The number of anilines is 3. The first-order chi connectivity index (χ1) is 14.8. The van der Waals surface area contributed by atoms with Crippen LogP contribution in [-0.4, -0.2) is 39.3 Å². The second kappa shape index (κ2) is 8.37. The normalized spacial score (nSPS) is 15.5. The largest absolute Gasteiger partial charge is 0.359 e. The Bertz CT molecular complexity index is 1260. The van der Waals surface area contributed by atoms with Gasteiger partial charge >= 0.3 is 0 Å². The predicted molar refractivity (Wildman–Crippen MR) is 120 cm³/mol. The second-order valence-corrected chi connectivity index (χ2v) is 9.10. The molecule has 0 spiro atoms. The molecule has 4 rings (SSSR count). The fourth-order valence-electron chi connectivity index (χ4n) is 3.43. The molecule has 0 unspecified atom stereocenters. The van der Waals surface area contributed by atoms with E-state index in [2.05, 4.69) is 10.6 Å². The van der Waals surface area contributed by atoms with E-state index in [0.29, 0.717) is 22.6 Å². The number of sulfonamides is 1. The number of amides is 2. The fourth-order valence-corrected chi connectivity index (χ4v) is 4.66. The van der Waals surface area contributed by atoms with Crippen LogP contribution in [0.25, 0.3) is 10.8 Å². The van der Waals surface area contributed by atoms with Gasteiger partial charge in [0, 0.05) is 34.6 Å². The van der Waals surface area contributed by atoms with Crippen molar-refractivity contribution in [1.29, 1.82) is 0 Å². The van der Waals surface area contributed by atoms with Gasteiger partial charge in [-0.15, -0.1) is 0 Å². The Morgan fingerprint density at radius 1 is 0.903 bits per heavy atom. The lowest BCUT2D eigenvalue weighted by Crippen LogP contribution is -2.41. The highest BCUT2D eigenvalue weighted by Crippen LogP contribution is 2.30. The first-order valence-corrected chi connectivity index (χ1v) is 11.2. The van der Waals surface area contributed by atoms with Gasteiger partial charge in [-0.25, -0.2) is 12.7 Å². The number of nitrogens with zero attached hydrogens (tertiary/aromatic N) is 1. The summed E-state index contributed by atoms with van der Waals surface area (Å²) >= 11 is 0. The number of benzene rings is 3. The highest BCUT2D eigenvalue weighted by Gasteiger charge is 2.26. The van der Waals surface area contributed by atoms with Gasteiger partial charge < -0.3 is 15.4 Å².